The topological polar surface area (TPSA) is 61.6 Å². The monoisotopic (exact) mass is 214 g/mol. The standard InChI is InChI=1S/C10H22N4O/c1-10(2,11)8-13-4-6-14(7-5-13)9(15)12-3/h4-8,11H2,1-3H3,(H,12,15). The summed E-state index contributed by atoms with van der Waals surface area (Å²) in [7, 11) is 1.66. The summed E-state index contributed by atoms with van der Waals surface area (Å²) in [6, 6.07) is 0.0154. The van der Waals surface area contributed by atoms with Crippen LogP contribution in [0.5, 0.6) is 0 Å². The first-order chi connectivity index (χ1) is 6.92. The van der Waals surface area contributed by atoms with Crippen LogP contribution >= 0.6 is 0 Å². The number of hydrogen-bond acceptors (Lipinski definition) is 3. The van der Waals surface area contributed by atoms with Crippen LogP contribution in [-0.4, -0.2) is 61.1 Å². The van der Waals surface area contributed by atoms with Crippen LogP contribution in [0, 0.1) is 0 Å². The van der Waals surface area contributed by atoms with E-state index < -0.39 is 0 Å². The van der Waals surface area contributed by atoms with Gasteiger partial charge in [0.2, 0.25) is 0 Å². The lowest BCUT2D eigenvalue weighted by Gasteiger charge is -2.37. The third kappa shape index (κ3) is 4.05. The van der Waals surface area contributed by atoms with Gasteiger partial charge in [-0.3, -0.25) is 4.90 Å². The second kappa shape index (κ2) is 4.81. The molecule has 0 aromatic carbocycles. The Morgan fingerprint density at radius 3 is 2.27 bits per heavy atom. The van der Waals surface area contributed by atoms with Gasteiger partial charge in [-0.15, -0.1) is 0 Å². The number of nitrogens with one attached hydrogen (secondary N) is 1. The molecule has 2 amide bonds. The van der Waals surface area contributed by atoms with Gasteiger partial charge in [0.1, 0.15) is 0 Å². The van der Waals surface area contributed by atoms with Crippen molar-refractivity contribution in [3.05, 3.63) is 0 Å². The van der Waals surface area contributed by atoms with Gasteiger partial charge in [-0.2, -0.15) is 0 Å². The van der Waals surface area contributed by atoms with E-state index in [4.69, 9.17) is 5.73 Å². The highest BCUT2D eigenvalue weighted by Crippen LogP contribution is 2.06. The van der Waals surface area contributed by atoms with Gasteiger partial charge in [0.05, 0.1) is 0 Å². The van der Waals surface area contributed by atoms with E-state index in [1.54, 1.807) is 7.05 Å². The van der Waals surface area contributed by atoms with Gasteiger partial charge in [-0.25, -0.2) is 4.79 Å². The van der Waals surface area contributed by atoms with Crippen LogP contribution in [0.1, 0.15) is 13.8 Å². The molecule has 1 fully saturated rings. The number of hydrogen-bond donors (Lipinski definition) is 2. The molecule has 1 heterocycles. The normalized spacial score (nSPS) is 19.1. The molecule has 1 saturated heterocycles. The minimum Gasteiger partial charge on any atom is -0.341 e. The molecule has 15 heavy (non-hydrogen) atoms. The van der Waals surface area contributed by atoms with Crippen LogP contribution in [0.4, 0.5) is 4.79 Å². The number of amides is 2. The molecule has 0 unspecified atom stereocenters. The summed E-state index contributed by atoms with van der Waals surface area (Å²) in [6.45, 7) is 8.33. The first kappa shape index (κ1) is 12.3. The number of piperazine rings is 1. The van der Waals surface area contributed by atoms with Crippen LogP contribution in [-0.2, 0) is 0 Å². The summed E-state index contributed by atoms with van der Waals surface area (Å²) in [4.78, 5) is 15.5. The van der Waals surface area contributed by atoms with Gasteiger partial charge in [-0.1, -0.05) is 0 Å². The van der Waals surface area contributed by atoms with Gasteiger partial charge >= 0.3 is 6.03 Å². The molecule has 5 heteroatoms. The van der Waals surface area contributed by atoms with Gasteiger partial charge in [0.15, 0.2) is 0 Å². The Labute approximate surface area is 91.6 Å². The van der Waals surface area contributed by atoms with Crippen molar-refractivity contribution in [3.63, 3.8) is 0 Å². The van der Waals surface area contributed by atoms with Crippen molar-refractivity contribution in [1.82, 2.24) is 15.1 Å². The van der Waals surface area contributed by atoms with Crippen molar-refractivity contribution in [3.8, 4) is 0 Å². The van der Waals surface area contributed by atoms with E-state index in [0.29, 0.717) is 0 Å². The molecule has 1 aliphatic heterocycles. The molecule has 3 N–H and O–H groups in total. The van der Waals surface area contributed by atoms with E-state index >= 15 is 0 Å². The maximum Gasteiger partial charge on any atom is 0.317 e. The second-order valence-corrected chi connectivity index (χ2v) is 4.81. The van der Waals surface area contributed by atoms with E-state index in [-0.39, 0.29) is 11.6 Å². The number of urea groups is 1. The Balaban J connectivity index is 2.33. The van der Waals surface area contributed by atoms with Crippen molar-refractivity contribution >= 4 is 6.03 Å². The van der Waals surface area contributed by atoms with Gasteiger partial charge in [-0.05, 0) is 13.8 Å². The summed E-state index contributed by atoms with van der Waals surface area (Å²) in [6.07, 6.45) is 0. The third-order valence-electron chi connectivity index (χ3n) is 2.50. The minimum atomic E-state index is -0.158. The number of carbonyl (C=O) groups is 1. The van der Waals surface area contributed by atoms with Gasteiger partial charge in [0.25, 0.3) is 0 Å². The maximum absolute atomic E-state index is 11.3. The first-order valence-corrected chi connectivity index (χ1v) is 5.40. The van der Waals surface area contributed by atoms with E-state index in [1.165, 1.54) is 0 Å². The highest BCUT2D eigenvalue weighted by Gasteiger charge is 2.23. The SMILES string of the molecule is CNC(=O)N1CCN(CC(C)(C)N)CC1. The van der Waals surface area contributed by atoms with Crippen LogP contribution in [0.25, 0.3) is 0 Å². The van der Waals surface area contributed by atoms with E-state index in [9.17, 15) is 4.79 Å². The largest absolute Gasteiger partial charge is 0.341 e. The van der Waals surface area contributed by atoms with Crippen LogP contribution in [0.15, 0.2) is 0 Å². The number of rotatable bonds is 2. The van der Waals surface area contributed by atoms with Crippen molar-refractivity contribution in [2.24, 2.45) is 5.73 Å². The summed E-state index contributed by atoms with van der Waals surface area (Å²) < 4.78 is 0. The molecule has 1 rings (SSSR count). The predicted octanol–water partition coefficient (Wildman–Crippen LogP) is -0.319. The Morgan fingerprint density at radius 1 is 1.33 bits per heavy atom. The summed E-state index contributed by atoms with van der Waals surface area (Å²) in [5.41, 5.74) is 5.79. The molecular formula is C10H22N4O. The quantitative estimate of drug-likeness (QED) is 0.662. The number of nitrogens with two attached hydrogens (primary N) is 1. The number of nitrogens with zero attached hydrogens (tertiary/aromatic N) is 2. The molecule has 0 aliphatic carbocycles. The second-order valence-electron chi connectivity index (χ2n) is 4.81. The zero-order chi connectivity index (χ0) is 11.5. The molecule has 88 valence electrons. The lowest BCUT2D eigenvalue weighted by atomic mass is 10.1. The highest BCUT2D eigenvalue weighted by molar-refractivity contribution is 5.73. The first-order valence-electron chi connectivity index (χ1n) is 5.40. The fourth-order valence-corrected chi connectivity index (χ4v) is 1.84. The van der Waals surface area contributed by atoms with Crippen molar-refractivity contribution in [1.29, 1.82) is 0 Å². The molecule has 0 spiro atoms. The highest BCUT2D eigenvalue weighted by atomic mass is 16.2. The maximum atomic E-state index is 11.3. The number of carbonyl (C=O) groups excluding carboxylic acids is 1. The van der Waals surface area contributed by atoms with E-state index in [1.807, 2.05) is 18.7 Å². The van der Waals surface area contributed by atoms with Crippen molar-refractivity contribution in [2.45, 2.75) is 19.4 Å². The molecule has 1 aliphatic rings. The Morgan fingerprint density at radius 2 is 1.87 bits per heavy atom. The fourth-order valence-electron chi connectivity index (χ4n) is 1.84. The van der Waals surface area contributed by atoms with E-state index in [2.05, 4.69) is 10.2 Å². The molecule has 5 nitrogen and oxygen atoms in total. The Bertz CT molecular complexity index is 216. The minimum absolute atomic E-state index is 0.0154. The average molecular weight is 214 g/mol. The molecule has 0 aromatic rings. The van der Waals surface area contributed by atoms with Crippen LogP contribution < -0.4 is 11.1 Å². The summed E-state index contributed by atoms with van der Waals surface area (Å²) in [5, 5.41) is 2.64. The third-order valence-corrected chi connectivity index (χ3v) is 2.50. The zero-order valence-corrected chi connectivity index (χ0v) is 9.92. The lowest BCUT2D eigenvalue weighted by molar-refractivity contribution is 0.127. The van der Waals surface area contributed by atoms with Gasteiger partial charge in [0, 0.05) is 45.3 Å². The molecule has 0 saturated carbocycles. The average Bonchev–Trinajstić information content (AvgIpc) is 2.15. The molecule has 0 aromatic heterocycles. The zero-order valence-electron chi connectivity index (χ0n) is 9.92. The molecule has 0 radical (unpaired) electrons. The van der Waals surface area contributed by atoms with Gasteiger partial charge < -0.3 is 16.0 Å². The Hall–Kier alpha value is -0.810. The molecular weight excluding hydrogens is 192 g/mol. The van der Waals surface area contributed by atoms with Crippen molar-refractivity contribution < 1.29 is 4.79 Å². The van der Waals surface area contributed by atoms with E-state index in [0.717, 1.165) is 32.7 Å². The summed E-state index contributed by atoms with van der Waals surface area (Å²) in [5.74, 6) is 0. The van der Waals surface area contributed by atoms with Crippen LogP contribution in [0.3, 0.4) is 0 Å². The Kier molecular flexibility index (Phi) is 3.93. The lowest BCUT2D eigenvalue weighted by Crippen LogP contribution is -2.55. The molecule has 0 atom stereocenters. The predicted molar refractivity (Wildman–Crippen MR) is 60.7 cm³/mol. The van der Waals surface area contributed by atoms with Crippen LogP contribution in [0.2, 0.25) is 0 Å². The smallest absolute Gasteiger partial charge is 0.317 e. The van der Waals surface area contributed by atoms with Crippen molar-refractivity contribution in [2.75, 3.05) is 39.8 Å². The molecule has 0 bridgehead atoms. The fraction of sp³-hybridized carbons (Fsp3) is 0.900. The summed E-state index contributed by atoms with van der Waals surface area (Å²) >= 11 is 0.